The van der Waals surface area contributed by atoms with Gasteiger partial charge < -0.3 is 4.74 Å². The van der Waals surface area contributed by atoms with Crippen LogP contribution in [0.5, 0.6) is 0 Å². The molecule has 24 heavy (non-hydrogen) atoms. The largest absolute Gasteiger partial charge is 0.461 e. The van der Waals surface area contributed by atoms with Crippen molar-refractivity contribution in [2.24, 2.45) is 29.1 Å². The minimum atomic E-state index is -0.844. The van der Waals surface area contributed by atoms with E-state index in [2.05, 4.69) is 46.8 Å². The van der Waals surface area contributed by atoms with Crippen LogP contribution in [0.1, 0.15) is 73.1 Å². The maximum absolute atomic E-state index is 12.9. The topological polar surface area (TPSA) is 43.4 Å². The molecule has 0 saturated heterocycles. The number of unbranched alkanes of at least 4 members (excludes halogenated alkanes) is 3. The summed E-state index contributed by atoms with van der Waals surface area (Å²) in [6.07, 6.45) is 10.2. The Labute approximate surface area is 147 Å². The maximum Gasteiger partial charge on any atom is 0.320 e. The molecule has 2 saturated carbocycles. The predicted molar refractivity (Wildman–Crippen MR) is 96.5 cm³/mol. The lowest BCUT2D eigenvalue weighted by Crippen LogP contribution is -2.36. The smallest absolute Gasteiger partial charge is 0.320 e. The van der Waals surface area contributed by atoms with Crippen LogP contribution >= 0.6 is 0 Å². The Morgan fingerprint density at radius 3 is 2.50 bits per heavy atom. The van der Waals surface area contributed by atoms with Crippen LogP contribution in [0.2, 0.25) is 0 Å². The van der Waals surface area contributed by atoms with Crippen molar-refractivity contribution in [2.75, 3.05) is 0 Å². The standard InChI is InChI=1S/C21H34O3/c1-6-7-8-9-10-11-16-17-12-13-18(22)21(16,17)20(23)24-19(14(2)3)15(4)5/h10-11,14-17,19H,6-9,12-13H2,1-5H3/b11-10+. The normalized spacial score (nSPS) is 29.1. The second kappa shape index (κ2) is 7.84. The van der Waals surface area contributed by atoms with E-state index in [1.807, 2.05) is 0 Å². The summed E-state index contributed by atoms with van der Waals surface area (Å²) in [7, 11) is 0. The van der Waals surface area contributed by atoms with Crippen molar-refractivity contribution in [3.05, 3.63) is 12.2 Å². The molecule has 0 aromatic carbocycles. The summed E-state index contributed by atoms with van der Waals surface area (Å²) in [6.45, 7) is 10.5. The predicted octanol–water partition coefficient (Wildman–Crippen LogP) is 4.94. The summed E-state index contributed by atoms with van der Waals surface area (Å²) in [5.41, 5.74) is -0.844. The molecule has 0 aromatic rings. The Balaban J connectivity index is 2.04. The molecule has 3 nitrogen and oxygen atoms in total. The van der Waals surface area contributed by atoms with Crippen LogP contribution in [0, 0.1) is 29.1 Å². The number of hydrogen-bond donors (Lipinski definition) is 0. The van der Waals surface area contributed by atoms with E-state index in [1.165, 1.54) is 19.3 Å². The van der Waals surface area contributed by atoms with Gasteiger partial charge in [0, 0.05) is 12.3 Å². The molecule has 3 unspecified atom stereocenters. The number of carbonyl (C=O) groups excluding carboxylic acids is 2. The minimum absolute atomic E-state index is 0.0767. The highest BCUT2D eigenvalue weighted by Crippen LogP contribution is 2.67. The summed E-state index contributed by atoms with van der Waals surface area (Å²) in [5.74, 6) is 0.634. The molecule has 0 spiro atoms. The summed E-state index contributed by atoms with van der Waals surface area (Å²) >= 11 is 0. The molecule has 3 atom stereocenters. The van der Waals surface area contributed by atoms with Gasteiger partial charge in [0.1, 0.15) is 11.5 Å². The first-order chi connectivity index (χ1) is 11.4. The number of hydrogen-bond acceptors (Lipinski definition) is 3. The van der Waals surface area contributed by atoms with Crippen LogP contribution in [0.4, 0.5) is 0 Å². The monoisotopic (exact) mass is 334 g/mol. The summed E-state index contributed by atoms with van der Waals surface area (Å²) in [4.78, 5) is 25.4. The van der Waals surface area contributed by atoms with E-state index >= 15 is 0 Å². The maximum atomic E-state index is 12.9. The van der Waals surface area contributed by atoms with Crippen LogP contribution in [0.15, 0.2) is 12.2 Å². The average Bonchev–Trinajstić information content (AvgIpc) is 3.04. The van der Waals surface area contributed by atoms with Crippen molar-refractivity contribution in [3.63, 3.8) is 0 Å². The number of rotatable bonds is 9. The summed E-state index contributed by atoms with van der Waals surface area (Å²) < 4.78 is 5.85. The van der Waals surface area contributed by atoms with E-state index in [0.29, 0.717) is 6.42 Å². The first kappa shape index (κ1) is 19.2. The van der Waals surface area contributed by atoms with Crippen LogP contribution in [0.25, 0.3) is 0 Å². The van der Waals surface area contributed by atoms with E-state index in [-0.39, 0.29) is 41.5 Å². The summed E-state index contributed by atoms with van der Waals surface area (Å²) in [6, 6.07) is 0. The van der Waals surface area contributed by atoms with Crippen molar-refractivity contribution in [3.8, 4) is 0 Å². The zero-order chi connectivity index (χ0) is 17.9. The zero-order valence-corrected chi connectivity index (χ0v) is 16.0. The van der Waals surface area contributed by atoms with Gasteiger partial charge in [-0.2, -0.15) is 0 Å². The number of ether oxygens (including phenoxy) is 1. The Morgan fingerprint density at radius 1 is 1.25 bits per heavy atom. The molecule has 0 aromatic heterocycles. The second-order valence-electron chi connectivity index (χ2n) is 8.25. The molecule has 0 amide bonds. The lowest BCUT2D eigenvalue weighted by Gasteiger charge is -2.27. The molecular formula is C21H34O3. The third-order valence-corrected chi connectivity index (χ3v) is 5.79. The highest BCUT2D eigenvalue weighted by Gasteiger charge is 2.76. The summed E-state index contributed by atoms with van der Waals surface area (Å²) in [5, 5.41) is 0. The van der Waals surface area contributed by atoms with Crippen LogP contribution in [-0.4, -0.2) is 17.9 Å². The number of ketones is 1. The molecule has 0 aliphatic heterocycles. The van der Waals surface area contributed by atoms with E-state index in [1.54, 1.807) is 0 Å². The van der Waals surface area contributed by atoms with Crippen molar-refractivity contribution in [1.82, 2.24) is 0 Å². The van der Waals surface area contributed by atoms with Crippen molar-refractivity contribution in [2.45, 2.75) is 79.2 Å². The zero-order valence-electron chi connectivity index (χ0n) is 16.0. The quantitative estimate of drug-likeness (QED) is 0.259. The van der Waals surface area contributed by atoms with Crippen LogP contribution in [0.3, 0.4) is 0 Å². The molecule has 2 rings (SSSR count). The van der Waals surface area contributed by atoms with Crippen LogP contribution < -0.4 is 0 Å². The van der Waals surface area contributed by atoms with Gasteiger partial charge in [0.15, 0.2) is 5.78 Å². The van der Waals surface area contributed by atoms with E-state index in [9.17, 15) is 9.59 Å². The fraction of sp³-hybridized carbons (Fsp3) is 0.810. The van der Waals surface area contributed by atoms with Gasteiger partial charge in [-0.3, -0.25) is 9.59 Å². The third kappa shape index (κ3) is 3.45. The number of esters is 1. The SMILES string of the molecule is CCCCC/C=C/C1C2CCC(=O)C12C(=O)OC(C(C)C)C(C)C. The van der Waals surface area contributed by atoms with Gasteiger partial charge in [-0.1, -0.05) is 59.6 Å². The lowest BCUT2D eigenvalue weighted by atomic mass is 9.94. The van der Waals surface area contributed by atoms with E-state index < -0.39 is 5.41 Å². The Kier molecular flexibility index (Phi) is 6.28. The minimum Gasteiger partial charge on any atom is -0.461 e. The number of carbonyl (C=O) groups is 2. The first-order valence-corrected chi connectivity index (χ1v) is 9.78. The first-order valence-electron chi connectivity index (χ1n) is 9.78. The molecule has 3 heteroatoms. The van der Waals surface area contributed by atoms with Crippen molar-refractivity contribution in [1.29, 1.82) is 0 Å². The van der Waals surface area contributed by atoms with Gasteiger partial charge in [0.25, 0.3) is 0 Å². The fourth-order valence-electron chi connectivity index (χ4n) is 4.49. The van der Waals surface area contributed by atoms with E-state index in [0.717, 1.165) is 12.8 Å². The molecule has 0 N–H and O–H groups in total. The van der Waals surface area contributed by atoms with E-state index in [4.69, 9.17) is 4.74 Å². The highest BCUT2D eigenvalue weighted by molar-refractivity contribution is 6.10. The number of Topliss-reactive ketones (excluding diaryl/α,β-unsaturated/α-hetero) is 1. The Hall–Kier alpha value is -1.12. The Morgan fingerprint density at radius 2 is 1.92 bits per heavy atom. The van der Waals surface area contributed by atoms with Crippen molar-refractivity contribution < 1.29 is 14.3 Å². The van der Waals surface area contributed by atoms with Gasteiger partial charge in [0.05, 0.1) is 0 Å². The molecular weight excluding hydrogens is 300 g/mol. The van der Waals surface area contributed by atoms with Gasteiger partial charge in [0.2, 0.25) is 0 Å². The van der Waals surface area contributed by atoms with Crippen molar-refractivity contribution >= 4 is 11.8 Å². The molecule has 0 radical (unpaired) electrons. The fourth-order valence-corrected chi connectivity index (χ4v) is 4.49. The lowest BCUT2D eigenvalue weighted by molar-refractivity contribution is -0.163. The highest BCUT2D eigenvalue weighted by atomic mass is 16.5. The Bertz CT molecular complexity index is 483. The third-order valence-electron chi connectivity index (χ3n) is 5.79. The van der Waals surface area contributed by atoms with Crippen LogP contribution in [-0.2, 0) is 14.3 Å². The molecule has 0 heterocycles. The van der Waals surface area contributed by atoms with Gasteiger partial charge in [-0.15, -0.1) is 0 Å². The molecule has 2 aliphatic carbocycles. The molecule has 136 valence electrons. The average molecular weight is 334 g/mol. The number of fused-ring (bicyclic) bond motifs is 1. The molecule has 2 aliphatic rings. The van der Waals surface area contributed by atoms with Gasteiger partial charge in [-0.05, 0) is 37.0 Å². The van der Waals surface area contributed by atoms with Gasteiger partial charge >= 0.3 is 5.97 Å². The molecule has 2 fully saturated rings. The second-order valence-corrected chi connectivity index (χ2v) is 8.25. The molecule has 0 bridgehead atoms. The number of allylic oxidation sites excluding steroid dienone is 2. The van der Waals surface area contributed by atoms with Gasteiger partial charge in [-0.25, -0.2) is 0 Å².